The number of alkyl halides is 1. The van der Waals surface area contributed by atoms with Gasteiger partial charge in [-0.3, -0.25) is 18.0 Å². The predicted octanol–water partition coefficient (Wildman–Crippen LogP) is -3.90. The fourth-order valence-corrected chi connectivity index (χ4v) is 3.96. The number of carbonyl (C=O) groups excluding carboxylic acids is 2. The lowest BCUT2D eigenvalue weighted by Gasteiger charge is -2.44. The number of hydrogen-bond acceptors (Lipinski definition) is 15. The van der Waals surface area contributed by atoms with Gasteiger partial charge in [0.25, 0.3) is 0 Å². The Labute approximate surface area is 184 Å². The molecule has 1 fully saturated rings. The van der Waals surface area contributed by atoms with Crippen LogP contribution in [0.4, 0.5) is 0 Å². The highest BCUT2D eigenvalue weighted by Crippen LogP contribution is 2.32. The first-order chi connectivity index (χ1) is 13.9. The molecule has 1 saturated heterocycles. The highest BCUT2D eigenvalue weighted by Gasteiger charge is 2.49. The lowest BCUT2D eigenvalue weighted by molar-refractivity contribution is -0.246. The largest absolute Gasteiger partial charge is 0.726 e. The van der Waals surface area contributed by atoms with Crippen LogP contribution in [0.2, 0.25) is 0 Å². The minimum absolute atomic E-state index is 0.202. The highest BCUT2D eigenvalue weighted by atomic mass is 79.9. The predicted molar refractivity (Wildman–Crippen MR) is 92.7 cm³/mol. The molecular weight excluding hydrogens is 564 g/mol. The first-order valence-electron chi connectivity index (χ1n) is 7.61. The van der Waals surface area contributed by atoms with Gasteiger partial charge in [0.05, 0.1) is 11.9 Å². The molecular formula is C10H14BrN2O15S3-3. The van der Waals surface area contributed by atoms with Gasteiger partial charge >= 0.3 is 0 Å². The standard InChI is InChI=1S/C10H17BrN2O15S3/c1-4-7(26-29(16,17)18)8(27-30(19,20)21)9(25-10(4)28-31(22,23)24)13-6(15)3-12-5(14)2-11/h4,7-10H,2-3H2,1H3,(H,12,14)(H,13,15)(H,16,17,18)(H,19,20,21)(H,22,23,24)/p-3/t4?,7-,8?,9+,10?/m0/s1. The average Bonchev–Trinajstić information content (AvgIpc) is 2.56. The summed E-state index contributed by atoms with van der Waals surface area (Å²) in [6.07, 6.45) is -9.06. The van der Waals surface area contributed by atoms with E-state index in [-0.39, 0.29) is 5.33 Å². The molecule has 1 rings (SSSR count). The van der Waals surface area contributed by atoms with Gasteiger partial charge in [-0.15, -0.1) is 0 Å². The van der Waals surface area contributed by atoms with Crippen molar-refractivity contribution < 1.29 is 65.8 Å². The van der Waals surface area contributed by atoms with Gasteiger partial charge < -0.3 is 29.0 Å². The van der Waals surface area contributed by atoms with Crippen LogP contribution < -0.4 is 10.6 Å². The van der Waals surface area contributed by atoms with E-state index in [1.54, 1.807) is 0 Å². The van der Waals surface area contributed by atoms with Crippen molar-refractivity contribution in [3.8, 4) is 0 Å². The van der Waals surface area contributed by atoms with Crippen molar-refractivity contribution in [3.63, 3.8) is 0 Å². The number of ether oxygens (including phenoxy) is 1. The minimum Gasteiger partial charge on any atom is -0.726 e. The Bertz CT molecular complexity index is 981. The van der Waals surface area contributed by atoms with Crippen LogP contribution in [0.25, 0.3) is 0 Å². The molecule has 1 aliphatic rings. The molecule has 3 unspecified atom stereocenters. The maximum absolute atomic E-state index is 12.0. The van der Waals surface area contributed by atoms with E-state index in [4.69, 9.17) is 4.74 Å². The minimum atomic E-state index is -5.64. The van der Waals surface area contributed by atoms with E-state index < -0.39 is 80.2 Å². The average molecular weight is 578 g/mol. The van der Waals surface area contributed by atoms with E-state index in [2.05, 4.69) is 33.8 Å². The number of rotatable bonds is 10. The molecule has 0 aromatic heterocycles. The van der Waals surface area contributed by atoms with Gasteiger partial charge in [0, 0.05) is 5.92 Å². The van der Waals surface area contributed by atoms with Crippen LogP contribution in [0.5, 0.6) is 0 Å². The zero-order valence-corrected chi connectivity index (χ0v) is 19.1. The van der Waals surface area contributed by atoms with Crippen LogP contribution >= 0.6 is 15.9 Å². The van der Waals surface area contributed by atoms with Crippen LogP contribution in [0.15, 0.2) is 0 Å². The zero-order valence-electron chi connectivity index (χ0n) is 15.0. The SMILES string of the molecule is CC1C(OS(=O)(=O)[O-])O[C@@H](NC(=O)CNC(=O)CBr)C(OS(=O)(=O)[O-])[C@H]1OS(=O)(=O)[O-]. The maximum Gasteiger partial charge on any atom is 0.241 e. The maximum atomic E-state index is 12.0. The summed E-state index contributed by atoms with van der Waals surface area (Å²) in [4.78, 5) is 23.1. The number of halogens is 1. The van der Waals surface area contributed by atoms with E-state index in [9.17, 15) is 48.5 Å². The summed E-state index contributed by atoms with van der Waals surface area (Å²) in [6.45, 7) is 0.140. The fourth-order valence-electron chi connectivity index (χ4n) is 2.27. The Morgan fingerprint density at radius 3 is 1.84 bits per heavy atom. The fraction of sp³-hybridized carbons (Fsp3) is 0.800. The van der Waals surface area contributed by atoms with Gasteiger partial charge in [-0.1, -0.05) is 22.9 Å². The van der Waals surface area contributed by atoms with E-state index in [0.29, 0.717) is 0 Å². The van der Waals surface area contributed by atoms with Crippen molar-refractivity contribution in [3.05, 3.63) is 0 Å². The second-order valence-corrected chi connectivity index (χ2v) is 9.29. The Hall–Kier alpha value is -1.01. The van der Waals surface area contributed by atoms with Crippen molar-refractivity contribution in [1.82, 2.24) is 10.6 Å². The Morgan fingerprint density at radius 1 is 0.903 bits per heavy atom. The van der Waals surface area contributed by atoms with Gasteiger partial charge in [-0.2, -0.15) is 0 Å². The zero-order chi connectivity index (χ0) is 24.2. The van der Waals surface area contributed by atoms with Crippen molar-refractivity contribution in [2.45, 2.75) is 31.6 Å². The van der Waals surface area contributed by atoms with Gasteiger partial charge in [0.1, 0.15) is 12.2 Å². The van der Waals surface area contributed by atoms with Crippen LogP contribution in [0, 0.1) is 5.92 Å². The van der Waals surface area contributed by atoms with Crippen molar-refractivity contribution in [1.29, 1.82) is 0 Å². The number of nitrogens with one attached hydrogen (secondary N) is 2. The van der Waals surface area contributed by atoms with Crippen LogP contribution in [-0.4, -0.2) is 87.3 Å². The molecule has 0 aromatic carbocycles. The second kappa shape index (κ2) is 10.7. The highest BCUT2D eigenvalue weighted by molar-refractivity contribution is 9.09. The molecule has 31 heavy (non-hydrogen) atoms. The molecule has 1 aliphatic heterocycles. The van der Waals surface area contributed by atoms with Gasteiger partial charge in [0.2, 0.25) is 43.0 Å². The third-order valence-electron chi connectivity index (χ3n) is 3.39. The third kappa shape index (κ3) is 10.4. The smallest absolute Gasteiger partial charge is 0.241 e. The Kier molecular flexibility index (Phi) is 9.71. The molecule has 0 spiro atoms. The first-order valence-corrected chi connectivity index (χ1v) is 12.7. The second-order valence-electron chi connectivity index (χ2n) is 5.70. The molecule has 0 aliphatic carbocycles. The molecule has 5 atom stereocenters. The summed E-state index contributed by atoms with van der Waals surface area (Å²) in [6, 6.07) is 0. The summed E-state index contributed by atoms with van der Waals surface area (Å²) in [5, 5.41) is 3.71. The first kappa shape index (κ1) is 28.0. The van der Waals surface area contributed by atoms with Crippen LogP contribution in [-0.2, 0) is 58.1 Å². The molecule has 17 nitrogen and oxygen atoms in total. The molecule has 182 valence electrons. The Balaban J connectivity index is 3.29. The van der Waals surface area contributed by atoms with E-state index in [0.717, 1.165) is 6.92 Å². The molecule has 0 bridgehead atoms. The summed E-state index contributed by atoms with van der Waals surface area (Å²) >= 11 is 2.79. The summed E-state index contributed by atoms with van der Waals surface area (Å²) in [5.41, 5.74) is 0. The molecule has 2 amide bonds. The molecule has 0 aromatic rings. The quantitative estimate of drug-likeness (QED) is 0.142. The van der Waals surface area contributed by atoms with Crippen LogP contribution in [0.3, 0.4) is 0 Å². The lowest BCUT2D eigenvalue weighted by Crippen LogP contribution is -2.63. The van der Waals surface area contributed by atoms with Crippen molar-refractivity contribution in [2.75, 3.05) is 11.9 Å². The van der Waals surface area contributed by atoms with E-state index >= 15 is 0 Å². The number of amides is 2. The van der Waals surface area contributed by atoms with E-state index in [1.807, 2.05) is 5.32 Å². The molecule has 2 N–H and O–H groups in total. The monoisotopic (exact) mass is 577 g/mol. The molecule has 0 saturated carbocycles. The van der Waals surface area contributed by atoms with Gasteiger partial charge in [-0.05, 0) is 0 Å². The third-order valence-corrected chi connectivity index (χ3v) is 5.24. The lowest BCUT2D eigenvalue weighted by atomic mass is 9.95. The molecule has 0 radical (unpaired) electrons. The number of hydrogen-bond donors (Lipinski definition) is 2. The van der Waals surface area contributed by atoms with Gasteiger partial charge in [0.15, 0.2) is 12.5 Å². The normalized spacial score (nSPS) is 27.5. The Morgan fingerprint density at radius 2 is 1.39 bits per heavy atom. The summed E-state index contributed by atoms with van der Waals surface area (Å²) < 4.78 is 116. The summed E-state index contributed by atoms with van der Waals surface area (Å²) in [5.74, 6) is -3.53. The topological polar surface area (TPSA) is 267 Å². The molecule has 21 heteroatoms. The van der Waals surface area contributed by atoms with Gasteiger partial charge in [-0.25, -0.2) is 29.4 Å². The van der Waals surface area contributed by atoms with E-state index in [1.165, 1.54) is 0 Å². The summed E-state index contributed by atoms with van der Waals surface area (Å²) in [7, 11) is -16.8. The van der Waals surface area contributed by atoms with Crippen LogP contribution in [0.1, 0.15) is 6.92 Å². The van der Waals surface area contributed by atoms with Crippen molar-refractivity contribution in [2.24, 2.45) is 5.92 Å². The van der Waals surface area contributed by atoms with Crippen molar-refractivity contribution >= 4 is 58.9 Å². The number of carbonyl (C=O) groups is 2. The molecule has 1 heterocycles.